The number of nitrogens with zero attached hydrogens (tertiary/aromatic N) is 1. The molecule has 0 aromatic heterocycles. The molecule has 0 saturated carbocycles. The summed E-state index contributed by atoms with van der Waals surface area (Å²) in [7, 11) is 4.31. The third kappa shape index (κ3) is 2.88. The molecule has 1 saturated heterocycles. The molecule has 1 aromatic rings. The highest BCUT2D eigenvalue weighted by atomic mass is 15.1. The van der Waals surface area contributed by atoms with Crippen molar-refractivity contribution in [3.63, 3.8) is 0 Å². The van der Waals surface area contributed by atoms with E-state index in [0.717, 1.165) is 5.92 Å². The van der Waals surface area contributed by atoms with Crippen molar-refractivity contribution >= 4 is 0 Å². The summed E-state index contributed by atoms with van der Waals surface area (Å²) in [4.78, 5) is 2.43. The van der Waals surface area contributed by atoms with Gasteiger partial charge in [0.1, 0.15) is 0 Å². The second kappa shape index (κ2) is 5.65. The van der Waals surface area contributed by atoms with Gasteiger partial charge in [-0.2, -0.15) is 0 Å². The predicted molar refractivity (Wildman–Crippen MR) is 73.2 cm³/mol. The Bertz CT molecular complexity index is 354. The predicted octanol–water partition coefficient (Wildman–Crippen LogP) is 2.60. The summed E-state index contributed by atoms with van der Waals surface area (Å²) < 4.78 is 0. The maximum absolute atomic E-state index is 3.53. The Morgan fingerprint density at radius 1 is 1.24 bits per heavy atom. The molecular formula is C15H24N2. The summed E-state index contributed by atoms with van der Waals surface area (Å²) in [5.74, 6) is 0.775. The van der Waals surface area contributed by atoms with E-state index in [4.69, 9.17) is 0 Å². The normalized spacial score (nSPS) is 20.4. The minimum Gasteiger partial charge on any atom is -0.313 e. The van der Waals surface area contributed by atoms with E-state index in [2.05, 4.69) is 55.5 Å². The minimum absolute atomic E-state index is 0.518. The van der Waals surface area contributed by atoms with Gasteiger partial charge in [-0.05, 0) is 64.0 Å². The van der Waals surface area contributed by atoms with Gasteiger partial charge in [-0.25, -0.2) is 0 Å². The van der Waals surface area contributed by atoms with E-state index < -0.39 is 0 Å². The summed E-state index contributed by atoms with van der Waals surface area (Å²) in [6, 6.07) is 9.29. The van der Waals surface area contributed by atoms with Crippen LogP contribution in [0.1, 0.15) is 30.0 Å². The monoisotopic (exact) mass is 232 g/mol. The fourth-order valence-corrected chi connectivity index (χ4v) is 2.94. The number of nitrogens with one attached hydrogen (secondary N) is 1. The average Bonchev–Trinajstić information content (AvgIpc) is 2.35. The van der Waals surface area contributed by atoms with Crippen molar-refractivity contribution < 1.29 is 0 Å². The zero-order chi connectivity index (χ0) is 12.3. The van der Waals surface area contributed by atoms with Crippen molar-refractivity contribution in [3.8, 4) is 0 Å². The molecule has 1 unspecified atom stereocenters. The average molecular weight is 232 g/mol. The number of hydrogen-bond donors (Lipinski definition) is 1. The lowest BCUT2D eigenvalue weighted by Crippen LogP contribution is -2.36. The second-order valence-electron chi connectivity index (χ2n) is 5.26. The van der Waals surface area contributed by atoms with Crippen LogP contribution in [0.3, 0.4) is 0 Å². The van der Waals surface area contributed by atoms with Gasteiger partial charge in [0.15, 0.2) is 0 Å². The van der Waals surface area contributed by atoms with Crippen LogP contribution in [0.5, 0.6) is 0 Å². The third-order valence-corrected chi connectivity index (χ3v) is 4.07. The molecule has 0 spiro atoms. The highest BCUT2D eigenvalue weighted by Crippen LogP contribution is 2.31. The summed E-state index contributed by atoms with van der Waals surface area (Å²) in [6.45, 7) is 4.68. The van der Waals surface area contributed by atoms with Crippen molar-refractivity contribution in [2.75, 3.05) is 27.2 Å². The number of benzene rings is 1. The van der Waals surface area contributed by atoms with Crippen LogP contribution < -0.4 is 5.32 Å². The molecule has 1 fully saturated rings. The standard InChI is InChI=1S/C15H24N2/c1-12-6-4-5-7-14(12)15(16-2)13-8-10-17(3)11-9-13/h4-7,13,15-16H,8-11H2,1-3H3. The van der Waals surface area contributed by atoms with E-state index in [9.17, 15) is 0 Å². The molecule has 2 rings (SSSR count). The van der Waals surface area contributed by atoms with E-state index >= 15 is 0 Å². The van der Waals surface area contributed by atoms with Crippen LogP contribution >= 0.6 is 0 Å². The van der Waals surface area contributed by atoms with Crippen molar-refractivity contribution in [3.05, 3.63) is 35.4 Å². The Hall–Kier alpha value is -0.860. The Balaban J connectivity index is 2.14. The molecule has 0 amide bonds. The SMILES string of the molecule is CNC(c1ccccc1C)C1CCN(C)CC1. The number of likely N-dealkylation sites (tertiary alicyclic amines) is 1. The van der Waals surface area contributed by atoms with E-state index in [-0.39, 0.29) is 0 Å². The third-order valence-electron chi connectivity index (χ3n) is 4.07. The van der Waals surface area contributed by atoms with Gasteiger partial charge >= 0.3 is 0 Å². The molecule has 2 heteroatoms. The molecule has 1 N–H and O–H groups in total. The fraction of sp³-hybridized carbons (Fsp3) is 0.600. The van der Waals surface area contributed by atoms with Gasteiger partial charge in [0.2, 0.25) is 0 Å². The molecule has 1 atom stereocenters. The van der Waals surface area contributed by atoms with Crippen LogP contribution in [0.25, 0.3) is 0 Å². The zero-order valence-electron chi connectivity index (χ0n) is 11.2. The Morgan fingerprint density at radius 3 is 2.47 bits per heavy atom. The van der Waals surface area contributed by atoms with Crippen LogP contribution in [0.4, 0.5) is 0 Å². The Kier molecular flexibility index (Phi) is 4.19. The maximum Gasteiger partial charge on any atom is 0.0349 e. The highest BCUT2D eigenvalue weighted by molar-refractivity contribution is 5.29. The smallest absolute Gasteiger partial charge is 0.0349 e. The van der Waals surface area contributed by atoms with Crippen molar-refractivity contribution in [1.29, 1.82) is 0 Å². The van der Waals surface area contributed by atoms with Crippen LogP contribution in [0.15, 0.2) is 24.3 Å². The largest absolute Gasteiger partial charge is 0.313 e. The highest BCUT2D eigenvalue weighted by Gasteiger charge is 2.26. The molecule has 1 aromatic carbocycles. The molecule has 2 nitrogen and oxygen atoms in total. The van der Waals surface area contributed by atoms with Crippen molar-refractivity contribution in [2.24, 2.45) is 5.92 Å². The van der Waals surface area contributed by atoms with E-state index in [1.807, 2.05) is 0 Å². The zero-order valence-corrected chi connectivity index (χ0v) is 11.2. The Labute approximate surface area is 105 Å². The van der Waals surface area contributed by atoms with Crippen LogP contribution in [-0.2, 0) is 0 Å². The Morgan fingerprint density at radius 2 is 1.88 bits per heavy atom. The first-order valence-corrected chi connectivity index (χ1v) is 6.63. The first-order valence-electron chi connectivity index (χ1n) is 6.63. The van der Waals surface area contributed by atoms with Gasteiger partial charge in [-0.3, -0.25) is 0 Å². The number of aryl methyl sites for hydroxylation is 1. The molecule has 1 aliphatic heterocycles. The van der Waals surface area contributed by atoms with Gasteiger partial charge in [0, 0.05) is 6.04 Å². The van der Waals surface area contributed by atoms with Crippen molar-refractivity contribution in [2.45, 2.75) is 25.8 Å². The molecule has 0 radical (unpaired) electrons. The molecule has 17 heavy (non-hydrogen) atoms. The lowest BCUT2D eigenvalue weighted by molar-refractivity contribution is 0.188. The molecular weight excluding hydrogens is 208 g/mol. The first kappa shape index (κ1) is 12.6. The van der Waals surface area contributed by atoms with Crippen LogP contribution in [-0.4, -0.2) is 32.1 Å². The topological polar surface area (TPSA) is 15.3 Å². The van der Waals surface area contributed by atoms with Crippen LogP contribution in [0, 0.1) is 12.8 Å². The summed E-state index contributed by atoms with van der Waals surface area (Å²) >= 11 is 0. The van der Waals surface area contributed by atoms with E-state index in [1.165, 1.54) is 37.1 Å². The minimum atomic E-state index is 0.518. The lowest BCUT2D eigenvalue weighted by Gasteiger charge is -2.35. The van der Waals surface area contributed by atoms with Crippen LogP contribution in [0.2, 0.25) is 0 Å². The van der Waals surface area contributed by atoms with Gasteiger partial charge < -0.3 is 10.2 Å². The fourth-order valence-electron chi connectivity index (χ4n) is 2.94. The number of hydrogen-bond acceptors (Lipinski definition) is 2. The van der Waals surface area contributed by atoms with Gasteiger partial charge in [0.05, 0.1) is 0 Å². The lowest BCUT2D eigenvalue weighted by atomic mass is 9.84. The molecule has 0 aliphatic carbocycles. The molecule has 1 aliphatic rings. The van der Waals surface area contributed by atoms with E-state index in [0.29, 0.717) is 6.04 Å². The van der Waals surface area contributed by atoms with Gasteiger partial charge in [0.25, 0.3) is 0 Å². The summed E-state index contributed by atoms with van der Waals surface area (Å²) in [5.41, 5.74) is 2.88. The maximum atomic E-state index is 3.53. The summed E-state index contributed by atoms with van der Waals surface area (Å²) in [5, 5.41) is 3.53. The molecule has 0 bridgehead atoms. The molecule has 94 valence electrons. The number of piperidine rings is 1. The summed E-state index contributed by atoms with van der Waals surface area (Å²) in [6.07, 6.45) is 2.60. The van der Waals surface area contributed by atoms with Crippen molar-refractivity contribution in [1.82, 2.24) is 10.2 Å². The second-order valence-corrected chi connectivity index (χ2v) is 5.26. The van der Waals surface area contributed by atoms with Gasteiger partial charge in [-0.1, -0.05) is 24.3 Å². The first-order chi connectivity index (χ1) is 8.22. The number of rotatable bonds is 3. The van der Waals surface area contributed by atoms with Gasteiger partial charge in [-0.15, -0.1) is 0 Å². The van der Waals surface area contributed by atoms with E-state index in [1.54, 1.807) is 0 Å². The molecule has 1 heterocycles. The quantitative estimate of drug-likeness (QED) is 0.862.